The van der Waals surface area contributed by atoms with Crippen LogP contribution in [0.3, 0.4) is 0 Å². The number of hydrogen-bond donors (Lipinski definition) is 0. The van der Waals surface area contributed by atoms with Gasteiger partial charge in [0, 0.05) is 27.3 Å². The Labute approximate surface area is 200 Å². The summed E-state index contributed by atoms with van der Waals surface area (Å²) in [5.41, 5.74) is 3.75. The van der Waals surface area contributed by atoms with Crippen LogP contribution in [-0.4, -0.2) is 18.6 Å². The minimum absolute atomic E-state index is 0.0385. The third kappa shape index (κ3) is 2.88. The molecule has 0 aliphatic rings. The molecule has 0 amide bonds. The Hall–Kier alpha value is -3.77. The van der Waals surface area contributed by atoms with Crippen LogP contribution in [0.15, 0.2) is 81.3 Å². The summed E-state index contributed by atoms with van der Waals surface area (Å²) in [6.07, 6.45) is 0. The first kappa shape index (κ1) is 20.8. The van der Waals surface area contributed by atoms with Crippen molar-refractivity contribution in [3.63, 3.8) is 0 Å². The molecule has 0 unspecified atom stereocenters. The van der Waals surface area contributed by atoms with Gasteiger partial charge in [-0.3, -0.25) is 0 Å². The molecule has 34 heavy (non-hydrogen) atoms. The number of methoxy groups -OCH3 is 2. The number of nitrogens with zero attached hydrogens (tertiary/aromatic N) is 2. The molecule has 6 aromatic rings. The number of aromatic nitrogens is 2. The van der Waals surface area contributed by atoms with E-state index in [1.807, 2.05) is 31.3 Å². The van der Waals surface area contributed by atoms with Gasteiger partial charge in [-0.2, -0.15) is 4.40 Å². The predicted molar refractivity (Wildman–Crippen MR) is 137 cm³/mol. The van der Waals surface area contributed by atoms with Gasteiger partial charge in [-0.05, 0) is 42.6 Å². The number of hydrogen-bond acceptors (Lipinski definition) is 4. The van der Waals surface area contributed by atoms with E-state index in [2.05, 4.69) is 54.0 Å². The highest BCUT2D eigenvalue weighted by Crippen LogP contribution is 2.39. The molecule has 0 saturated carbocycles. The molecule has 0 saturated heterocycles. The van der Waals surface area contributed by atoms with Crippen molar-refractivity contribution in [2.24, 2.45) is 7.05 Å². The second kappa shape index (κ2) is 7.64. The van der Waals surface area contributed by atoms with Gasteiger partial charge in [0.05, 0.1) is 32.0 Å². The fourth-order valence-corrected chi connectivity index (χ4v) is 5.82. The summed E-state index contributed by atoms with van der Waals surface area (Å²) in [6, 6.07) is 22.6. The number of pyridine rings is 1. The average Bonchev–Trinajstić information content (AvgIpc) is 3.15. The van der Waals surface area contributed by atoms with E-state index in [1.54, 1.807) is 30.4 Å². The summed E-state index contributed by atoms with van der Waals surface area (Å²) in [5, 5.41) is 3.82. The van der Waals surface area contributed by atoms with Crippen LogP contribution in [0.2, 0.25) is 0 Å². The van der Waals surface area contributed by atoms with Gasteiger partial charge in [0.25, 0.3) is 5.65 Å². The molecule has 0 atom stereocenters. The average molecular weight is 468 g/mol. The quantitative estimate of drug-likeness (QED) is 0.321. The summed E-state index contributed by atoms with van der Waals surface area (Å²) < 4.78 is 14.9. The molecule has 5 nitrogen and oxygen atoms in total. The van der Waals surface area contributed by atoms with Crippen molar-refractivity contribution in [2.75, 3.05) is 14.2 Å². The maximum absolute atomic E-state index is 13.9. The highest BCUT2D eigenvalue weighted by Gasteiger charge is 2.27. The molecule has 2 heterocycles. The topological polar surface area (TPSA) is 43.8 Å². The molecule has 0 radical (unpaired) electrons. The Balaban J connectivity index is 1.71. The lowest BCUT2D eigenvalue weighted by atomic mass is 10.0. The molecule has 0 aliphatic carbocycles. The van der Waals surface area contributed by atoms with Gasteiger partial charge in [0.15, 0.2) is 22.5 Å². The predicted octanol–water partition coefficient (Wildman–Crippen LogP) is 5.50. The molecular weight excluding hydrogens is 444 g/mol. The van der Waals surface area contributed by atoms with E-state index in [4.69, 9.17) is 9.47 Å². The highest BCUT2D eigenvalue weighted by atomic mass is 32.2. The normalized spacial score (nSPS) is 11.8. The minimum atomic E-state index is -0.0385. The zero-order chi connectivity index (χ0) is 23.6. The fourth-order valence-electron chi connectivity index (χ4n) is 4.88. The largest absolute Gasteiger partial charge is 0.493 e. The third-order valence-corrected chi connectivity index (χ3v) is 7.62. The smallest absolute Gasteiger partial charge is 0.347 e. The first-order valence-electron chi connectivity index (χ1n) is 11.0. The Kier molecular flexibility index (Phi) is 4.67. The highest BCUT2D eigenvalue weighted by molar-refractivity contribution is 7.99. The SMILES string of the molecule is COc1cc2c(cc1OC)[n+](C)c1c3ccc(Sc4ccc(C)cc4)c4cccc(c(=O)n21)c43. The van der Waals surface area contributed by atoms with Crippen molar-refractivity contribution >= 4 is 50.0 Å². The number of rotatable bonds is 4. The number of benzene rings is 4. The maximum atomic E-state index is 13.9. The molecule has 0 bridgehead atoms. The summed E-state index contributed by atoms with van der Waals surface area (Å²) >= 11 is 1.72. The summed E-state index contributed by atoms with van der Waals surface area (Å²) in [5.74, 6) is 1.23. The number of ether oxygens (including phenoxy) is 2. The van der Waals surface area contributed by atoms with Crippen molar-refractivity contribution < 1.29 is 14.0 Å². The second-order valence-corrected chi connectivity index (χ2v) is 9.59. The van der Waals surface area contributed by atoms with E-state index < -0.39 is 0 Å². The van der Waals surface area contributed by atoms with Gasteiger partial charge >= 0.3 is 5.56 Å². The van der Waals surface area contributed by atoms with Crippen LogP contribution < -0.4 is 19.6 Å². The van der Waals surface area contributed by atoms with Crippen LogP contribution in [0.1, 0.15) is 5.56 Å². The molecule has 4 aromatic carbocycles. The lowest BCUT2D eigenvalue weighted by Gasteiger charge is -2.10. The molecule has 0 N–H and O–H groups in total. The lowest BCUT2D eigenvalue weighted by molar-refractivity contribution is -0.617. The third-order valence-electron chi connectivity index (χ3n) is 6.54. The van der Waals surface area contributed by atoms with Crippen molar-refractivity contribution in [3.8, 4) is 11.5 Å². The Morgan fingerprint density at radius 3 is 2.29 bits per heavy atom. The molecule has 6 rings (SSSR count). The first-order chi connectivity index (χ1) is 16.5. The molecule has 168 valence electrons. The Morgan fingerprint density at radius 1 is 0.853 bits per heavy atom. The van der Waals surface area contributed by atoms with E-state index in [9.17, 15) is 4.79 Å². The van der Waals surface area contributed by atoms with Crippen LogP contribution in [0, 0.1) is 6.92 Å². The number of fused-ring (bicyclic) bond motifs is 4. The minimum Gasteiger partial charge on any atom is -0.493 e. The van der Waals surface area contributed by atoms with E-state index >= 15 is 0 Å². The fraction of sp³-hybridized carbons (Fsp3) is 0.143. The van der Waals surface area contributed by atoms with Crippen LogP contribution in [0.25, 0.3) is 38.2 Å². The van der Waals surface area contributed by atoms with Crippen molar-refractivity contribution in [1.82, 2.24) is 4.40 Å². The summed E-state index contributed by atoms with van der Waals surface area (Å²) in [6.45, 7) is 2.09. The van der Waals surface area contributed by atoms with Gasteiger partial charge < -0.3 is 9.47 Å². The molecule has 0 spiro atoms. The van der Waals surface area contributed by atoms with Crippen LogP contribution in [0.5, 0.6) is 11.5 Å². The number of aryl methyl sites for hydroxylation is 2. The molecule has 2 aromatic heterocycles. The lowest BCUT2D eigenvalue weighted by Crippen LogP contribution is -2.29. The van der Waals surface area contributed by atoms with Gasteiger partial charge in [-0.25, -0.2) is 9.36 Å². The van der Waals surface area contributed by atoms with Gasteiger partial charge in [0.1, 0.15) is 0 Å². The van der Waals surface area contributed by atoms with E-state index in [0.717, 1.165) is 37.7 Å². The summed E-state index contributed by atoms with van der Waals surface area (Å²) in [7, 11) is 5.21. The zero-order valence-corrected chi connectivity index (χ0v) is 20.2. The van der Waals surface area contributed by atoms with Crippen LogP contribution >= 0.6 is 11.8 Å². The Morgan fingerprint density at radius 2 is 1.56 bits per heavy atom. The monoisotopic (exact) mass is 467 g/mol. The van der Waals surface area contributed by atoms with Gasteiger partial charge in [0.2, 0.25) is 0 Å². The molecular formula is C28H23N2O3S+. The van der Waals surface area contributed by atoms with E-state index in [-0.39, 0.29) is 5.56 Å². The molecule has 0 aliphatic heterocycles. The first-order valence-corrected chi connectivity index (χ1v) is 11.8. The Bertz CT molecular complexity index is 1790. The van der Waals surface area contributed by atoms with Gasteiger partial charge in [-0.15, -0.1) is 0 Å². The van der Waals surface area contributed by atoms with Gasteiger partial charge in [-0.1, -0.05) is 41.6 Å². The standard InChI is InChI=1S/C28H23N2O3S/c1-16-8-10-17(11-9-16)34-25-13-12-19-26-18(25)6-5-7-20(26)28(31)30-22-15-24(33-4)23(32-3)14-21(22)29(2)27(19)30/h5-15H,1-4H3/q+1. The van der Waals surface area contributed by atoms with Crippen molar-refractivity contribution in [2.45, 2.75) is 16.7 Å². The molecule has 0 fully saturated rings. The molecule has 6 heteroatoms. The van der Waals surface area contributed by atoms with E-state index in [0.29, 0.717) is 16.9 Å². The van der Waals surface area contributed by atoms with E-state index in [1.165, 1.54) is 10.5 Å². The zero-order valence-electron chi connectivity index (χ0n) is 19.4. The van der Waals surface area contributed by atoms with Crippen LogP contribution in [-0.2, 0) is 7.05 Å². The van der Waals surface area contributed by atoms with Crippen molar-refractivity contribution in [3.05, 3.63) is 82.6 Å². The second-order valence-electron chi connectivity index (χ2n) is 8.47. The number of imidazole rings is 1. The van der Waals surface area contributed by atoms with Crippen LogP contribution in [0.4, 0.5) is 0 Å². The van der Waals surface area contributed by atoms with Crippen molar-refractivity contribution in [1.29, 1.82) is 0 Å². The maximum Gasteiger partial charge on any atom is 0.347 e. The summed E-state index contributed by atoms with van der Waals surface area (Å²) in [4.78, 5) is 16.2.